The summed E-state index contributed by atoms with van der Waals surface area (Å²) >= 11 is 1.42. The van der Waals surface area contributed by atoms with Gasteiger partial charge in [-0.05, 0) is 12.1 Å². The largest absolute Gasteiger partial charge is 0.497 e. The van der Waals surface area contributed by atoms with Crippen LogP contribution in [0.25, 0.3) is 0 Å². The molecule has 0 aliphatic heterocycles. The number of aromatic nitrogens is 2. The van der Waals surface area contributed by atoms with E-state index in [-0.39, 0.29) is 11.3 Å². The van der Waals surface area contributed by atoms with Gasteiger partial charge in [-0.3, -0.25) is 4.79 Å². The topological polar surface area (TPSA) is 92.8 Å². The molecule has 3 aromatic rings. The summed E-state index contributed by atoms with van der Waals surface area (Å²) in [7, 11) is 4.82. The molecule has 1 aromatic carbocycles. The van der Waals surface area contributed by atoms with Crippen LogP contribution in [0, 0.1) is 0 Å². The Morgan fingerprint density at radius 3 is 2.46 bits per heavy atom. The summed E-state index contributed by atoms with van der Waals surface area (Å²) in [6.45, 7) is 0. The van der Waals surface area contributed by atoms with E-state index >= 15 is 0 Å². The third-order valence-corrected chi connectivity index (χ3v) is 4.84. The van der Waals surface area contributed by atoms with Gasteiger partial charge in [-0.2, -0.15) is 0 Å². The summed E-state index contributed by atoms with van der Waals surface area (Å²) in [6, 6.07) is 5.90. The molecule has 3 rings (SSSR count). The van der Waals surface area contributed by atoms with Gasteiger partial charge in [-0.1, -0.05) is 11.8 Å². The molecule has 28 heavy (non-hydrogen) atoms. The van der Waals surface area contributed by atoms with Gasteiger partial charge in [0.2, 0.25) is 11.2 Å². The number of nitrogens with zero attached hydrogens (tertiary/aromatic N) is 2. The van der Waals surface area contributed by atoms with Crippen LogP contribution < -0.4 is 19.6 Å². The van der Waals surface area contributed by atoms with Crippen molar-refractivity contribution in [3.05, 3.63) is 64.5 Å². The van der Waals surface area contributed by atoms with E-state index in [9.17, 15) is 9.59 Å². The highest BCUT2D eigenvalue weighted by Crippen LogP contribution is 2.24. The molecule has 0 aliphatic carbocycles. The molecular weight excluding hydrogens is 384 g/mol. The summed E-state index contributed by atoms with van der Waals surface area (Å²) in [5.41, 5.74) is -0.269. The normalized spacial score (nSPS) is 10.5. The van der Waals surface area contributed by atoms with Gasteiger partial charge < -0.3 is 23.2 Å². The van der Waals surface area contributed by atoms with E-state index < -0.39 is 11.4 Å². The smallest absolute Gasteiger partial charge is 0.344 e. The molecule has 9 heteroatoms. The Morgan fingerprint density at radius 1 is 1.18 bits per heavy atom. The number of aryl methyl sites for hydroxylation is 1. The Bertz CT molecular complexity index is 1020. The Labute approximate surface area is 165 Å². The molecule has 0 radical (unpaired) electrons. The highest BCUT2D eigenvalue weighted by Gasteiger charge is 2.15. The standard InChI is InChI=1S/C19H18N2O6S/c1-21-5-4-20-19(21)28-11-15-9-16(22)17(10-26-15)27-18(23)12-6-13(24-2)8-14(7-12)25-3/h4-10H,11H2,1-3H3. The zero-order valence-corrected chi connectivity index (χ0v) is 16.3. The molecule has 0 unspecified atom stereocenters. The van der Waals surface area contributed by atoms with Gasteiger partial charge in [-0.15, -0.1) is 0 Å². The summed E-state index contributed by atoms with van der Waals surface area (Å²) in [4.78, 5) is 28.8. The molecule has 0 N–H and O–H groups in total. The highest BCUT2D eigenvalue weighted by molar-refractivity contribution is 7.98. The van der Waals surface area contributed by atoms with Crippen LogP contribution in [0.1, 0.15) is 16.1 Å². The molecule has 2 aromatic heterocycles. The van der Waals surface area contributed by atoms with Crippen LogP contribution >= 0.6 is 11.8 Å². The maximum Gasteiger partial charge on any atom is 0.344 e. The van der Waals surface area contributed by atoms with Crippen molar-refractivity contribution in [1.29, 1.82) is 0 Å². The number of ether oxygens (including phenoxy) is 3. The Balaban J connectivity index is 1.71. The fourth-order valence-corrected chi connectivity index (χ4v) is 3.12. The number of rotatable bonds is 7. The van der Waals surface area contributed by atoms with Crippen molar-refractivity contribution in [2.75, 3.05) is 14.2 Å². The predicted molar refractivity (Wildman–Crippen MR) is 102 cm³/mol. The van der Waals surface area contributed by atoms with Crippen molar-refractivity contribution in [3.8, 4) is 17.2 Å². The molecule has 0 saturated carbocycles. The number of thioether (sulfide) groups is 1. The van der Waals surface area contributed by atoms with Crippen molar-refractivity contribution >= 4 is 17.7 Å². The van der Waals surface area contributed by atoms with Crippen LogP contribution in [0.4, 0.5) is 0 Å². The lowest BCUT2D eigenvalue weighted by Crippen LogP contribution is -2.15. The molecule has 0 aliphatic rings. The second kappa shape index (κ2) is 8.66. The Kier molecular flexibility index (Phi) is 6.05. The van der Waals surface area contributed by atoms with Crippen LogP contribution in [-0.2, 0) is 12.8 Å². The van der Waals surface area contributed by atoms with E-state index in [4.69, 9.17) is 18.6 Å². The van der Waals surface area contributed by atoms with Gasteiger partial charge >= 0.3 is 5.97 Å². The van der Waals surface area contributed by atoms with Gasteiger partial charge in [0, 0.05) is 31.6 Å². The molecule has 0 amide bonds. The van der Waals surface area contributed by atoms with Crippen LogP contribution in [0.15, 0.2) is 57.3 Å². The van der Waals surface area contributed by atoms with E-state index in [0.29, 0.717) is 23.0 Å². The number of methoxy groups -OCH3 is 2. The summed E-state index contributed by atoms with van der Waals surface area (Å²) < 4.78 is 22.7. The molecule has 8 nitrogen and oxygen atoms in total. The van der Waals surface area contributed by atoms with Crippen LogP contribution in [0.3, 0.4) is 0 Å². The van der Waals surface area contributed by atoms with Gasteiger partial charge in [0.15, 0.2) is 5.16 Å². The Morgan fingerprint density at radius 2 is 1.89 bits per heavy atom. The third kappa shape index (κ3) is 4.55. The average Bonchev–Trinajstić information content (AvgIpc) is 3.12. The van der Waals surface area contributed by atoms with Crippen LogP contribution in [-0.4, -0.2) is 29.7 Å². The van der Waals surface area contributed by atoms with Gasteiger partial charge in [0.1, 0.15) is 23.5 Å². The molecule has 0 saturated heterocycles. The average molecular weight is 402 g/mol. The quantitative estimate of drug-likeness (QED) is 0.440. The molecule has 0 spiro atoms. The van der Waals surface area contributed by atoms with E-state index in [0.717, 1.165) is 11.4 Å². The minimum Gasteiger partial charge on any atom is -0.497 e. The number of carbonyl (C=O) groups excluding carboxylic acids is 1. The molecule has 0 atom stereocenters. The first-order chi connectivity index (χ1) is 13.5. The highest BCUT2D eigenvalue weighted by atomic mass is 32.2. The Hall–Kier alpha value is -3.20. The lowest BCUT2D eigenvalue weighted by atomic mass is 10.2. The zero-order chi connectivity index (χ0) is 20.1. The number of benzene rings is 1. The lowest BCUT2D eigenvalue weighted by molar-refractivity contribution is 0.0728. The second-order valence-corrected chi connectivity index (χ2v) is 6.62. The number of carbonyl (C=O) groups is 1. The summed E-state index contributed by atoms with van der Waals surface area (Å²) in [6.07, 6.45) is 4.65. The minimum absolute atomic E-state index is 0.185. The van der Waals surface area contributed by atoms with Crippen molar-refractivity contribution in [3.63, 3.8) is 0 Å². The molecule has 0 fully saturated rings. The van der Waals surface area contributed by atoms with Crippen molar-refractivity contribution < 1.29 is 23.4 Å². The maximum atomic E-state index is 12.4. The number of imidazole rings is 1. The predicted octanol–water partition coefficient (Wildman–Crippen LogP) is 2.90. The van der Waals surface area contributed by atoms with E-state index in [2.05, 4.69) is 4.98 Å². The van der Waals surface area contributed by atoms with Gasteiger partial charge in [-0.25, -0.2) is 9.78 Å². The van der Waals surface area contributed by atoms with Crippen LogP contribution in [0.2, 0.25) is 0 Å². The zero-order valence-electron chi connectivity index (χ0n) is 15.5. The second-order valence-electron chi connectivity index (χ2n) is 5.68. The van der Waals surface area contributed by atoms with Crippen molar-refractivity contribution in [1.82, 2.24) is 9.55 Å². The third-order valence-electron chi connectivity index (χ3n) is 3.76. The summed E-state index contributed by atoms with van der Waals surface area (Å²) in [5.74, 6) is 0.805. The molecule has 146 valence electrons. The fourth-order valence-electron chi connectivity index (χ4n) is 2.30. The van der Waals surface area contributed by atoms with Crippen molar-refractivity contribution in [2.45, 2.75) is 10.9 Å². The monoisotopic (exact) mass is 402 g/mol. The molecule has 0 bridgehead atoms. The number of esters is 1. The first kappa shape index (κ1) is 19.6. The van der Waals surface area contributed by atoms with Crippen LogP contribution in [0.5, 0.6) is 17.2 Å². The minimum atomic E-state index is -0.723. The van der Waals surface area contributed by atoms with E-state index in [1.807, 2.05) is 17.8 Å². The molecule has 2 heterocycles. The number of hydrogen-bond donors (Lipinski definition) is 0. The lowest BCUT2D eigenvalue weighted by Gasteiger charge is -2.08. The summed E-state index contributed by atoms with van der Waals surface area (Å²) in [5, 5.41) is 0.796. The van der Waals surface area contributed by atoms with Crippen molar-refractivity contribution in [2.24, 2.45) is 7.05 Å². The first-order valence-electron chi connectivity index (χ1n) is 8.17. The fraction of sp³-hybridized carbons (Fsp3) is 0.211. The number of hydrogen-bond acceptors (Lipinski definition) is 8. The maximum absolute atomic E-state index is 12.4. The molecular formula is C19H18N2O6S. The van der Waals surface area contributed by atoms with Gasteiger partial charge in [0.25, 0.3) is 0 Å². The SMILES string of the molecule is COc1cc(OC)cc(C(=O)Oc2coc(CSc3nccn3C)cc2=O)c1. The first-order valence-corrected chi connectivity index (χ1v) is 9.16. The van der Waals surface area contributed by atoms with E-state index in [1.165, 1.54) is 44.2 Å². The van der Waals surface area contributed by atoms with E-state index in [1.54, 1.807) is 12.3 Å². The van der Waals surface area contributed by atoms with Gasteiger partial charge in [0.05, 0.1) is 25.5 Å².